The number of benzene rings is 1. The van der Waals surface area contributed by atoms with E-state index >= 15 is 0 Å². The maximum atomic E-state index is 12.3. The molecule has 0 radical (unpaired) electrons. The van der Waals surface area contributed by atoms with Gasteiger partial charge in [-0.15, -0.1) is 0 Å². The zero-order valence-corrected chi connectivity index (χ0v) is 12.7. The van der Waals surface area contributed by atoms with Gasteiger partial charge in [-0.05, 0) is 30.4 Å². The Bertz CT molecular complexity index is 679. The van der Waals surface area contributed by atoms with Gasteiger partial charge in [0, 0.05) is 30.6 Å². The molecule has 4 heteroatoms. The van der Waals surface area contributed by atoms with Crippen molar-refractivity contribution in [1.82, 2.24) is 10.3 Å². The first kappa shape index (κ1) is 14.1. The predicted molar refractivity (Wildman–Crippen MR) is 88.1 cm³/mol. The summed E-state index contributed by atoms with van der Waals surface area (Å²) >= 11 is 0. The quantitative estimate of drug-likeness (QED) is 0.911. The molecule has 112 valence electrons. The molecule has 0 spiro atoms. The number of fused-ring (bicyclic) bond motifs is 1. The van der Waals surface area contributed by atoms with E-state index < -0.39 is 0 Å². The number of H-pyrrole nitrogens is 1. The van der Waals surface area contributed by atoms with E-state index in [1.807, 2.05) is 24.3 Å². The minimum absolute atomic E-state index is 0.00420. The molecule has 2 N–H and O–H groups in total. The van der Waals surface area contributed by atoms with Gasteiger partial charge in [0.1, 0.15) is 5.82 Å². The standard InChI is InChI=1S/C17H23N3O/c1-3-13-11-20(14(4-2)10-18-13)16-9-12-7-5-6-8-15(12)17(21)19-16/h5-9,13-14,18H,3-4,10-11H2,1-2H3,(H,19,21). The number of aromatic nitrogens is 1. The SMILES string of the molecule is CCC1CN(c2cc3ccccc3c(=O)[nH]2)C(CC)CN1. The van der Waals surface area contributed by atoms with Crippen molar-refractivity contribution in [2.45, 2.75) is 38.8 Å². The van der Waals surface area contributed by atoms with Gasteiger partial charge in [-0.2, -0.15) is 0 Å². The number of nitrogens with one attached hydrogen (secondary N) is 2. The number of anilines is 1. The van der Waals surface area contributed by atoms with E-state index in [0.717, 1.165) is 42.5 Å². The molecule has 4 nitrogen and oxygen atoms in total. The summed E-state index contributed by atoms with van der Waals surface area (Å²) in [5.41, 5.74) is 0.00420. The summed E-state index contributed by atoms with van der Waals surface area (Å²) in [6, 6.07) is 10.8. The summed E-state index contributed by atoms with van der Waals surface area (Å²) in [7, 11) is 0. The Hall–Kier alpha value is -1.81. The van der Waals surface area contributed by atoms with Crippen LogP contribution in [0.1, 0.15) is 26.7 Å². The molecule has 0 amide bonds. The van der Waals surface area contributed by atoms with E-state index in [-0.39, 0.29) is 5.56 Å². The fourth-order valence-electron chi connectivity index (χ4n) is 3.15. The summed E-state index contributed by atoms with van der Waals surface area (Å²) in [4.78, 5) is 17.7. The summed E-state index contributed by atoms with van der Waals surface area (Å²) in [6.45, 7) is 6.32. The number of pyridine rings is 1. The average molecular weight is 285 g/mol. The van der Waals surface area contributed by atoms with Crippen LogP contribution in [0, 0.1) is 0 Å². The molecule has 1 aromatic heterocycles. The van der Waals surface area contributed by atoms with Crippen LogP contribution in [0.3, 0.4) is 0 Å². The predicted octanol–water partition coefficient (Wildman–Crippen LogP) is 2.49. The molecule has 2 atom stereocenters. The van der Waals surface area contributed by atoms with E-state index in [1.54, 1.807) is 0 Å². The molecule has 2 unspecified atom stereocenters. The third-order valence-electron chi connectivity index (χ3n) is 4.51. The fraction of sp³-hybridized carbons (Fsp3) is 0.471. The first-order valence-corrected chi connectivity index (χ1v) is 7.85. The van der Waals surface area contributed by atoms with Crippen molar-refractivity contribution in [2.75, 3.05) is 18.0 Å². The monoisotopic (exact) mass is 285 g/mol. The minimum atomic E-state index is 0.00420. The van der Waals surface area contributed by atoms with Crippen LogP contribution in [-0.4, -0.2) is 30.2 Å². The highest BCUT2D eigenvalue weighted by atomic mass is 16.1. The van der Waals surface area contributed by atoms with Crippen molar-refractivity contribution in [3.8, 4) is 0 Å². The van der Waals surface area contributed by atoms with Crippen LogP contribution >= 0.6 is 0 Å². The average Bonchev–Trinajstić information content (AvgIpc) is 2.54. The lowest BCUT2D eigenvalue weighted by Gasteiger charge is -2.41. The Morgan fingerprint density at radius 1 is 1.24 bits per heavy atom. The highest BCUT2D eigenvalue weighted by Gasteiger charge is 2.26. The maximum Gasteiger partial charge on any atom is 0.257 e. The first-order valence-electron chi connectivity index (χ1n) is 7.85. The van der Waals surface area contributed by atoms with Crippen LogP contribution in [0.15, 0.2) is 35.1 Å². The van der Waals surface area contributed by atoms with Crippen LogP contribution < -0.4 is 15.8 Å². The minimum Gasteiger partial charge on any atom is -0.352 e. The molecule has 3 rings (SSSR count). The Labute approximate surface area is 125 Å². The molecule has 0 bridgehead atoms. The molecule has 1 aliphatic rings. The summed E-state index contributed by atoms with van der Waals surface area (Å²) in [6.07, 6.45) is 2.17. The van der Waals surface area contributed by atoms with Crippen LogP contribution in [0.2, 0.25) is 0 Å². The maximum absolute atomic E-state index is 12.3. The second-order valence-corrected chi connectivity index (χ2v) is 5.80. The van der Waals surface area contributed by atoms with E-state index in [9.17, 15) is 4.79 Å². The molecule has 2 heterocycles. The molecular weight excluding hydrogens is 262 g/mol. The number of hydrogen-bond acceptors (Lipinski definition) is 3. The van der Waals surface area contributed by atoms with Crippen LogP contribution in [0.5, 0.6) is 0 Å². The van der Waals surface area contributed by atoms with Crippen molar-refractivity contribution in [3.05, 3.63) is 40.7 Å². The van der Waals surface area contributed by atoms with Crippen LogP contribution in [-0.2, 0) is 0 Å². The van der Waals surface area contributed by atoms with Gasteiger partial charge >= 0.3 is 0 Å². The zero-order valence-electron chi connectivity index (χ0n) is 12.7. The summed E-state index contributed by atoms with van der Waals surface area (Å²) in [5, 5.41) is 5.36. The van der Waals surface area contributed by atoms with Gasteiger partial charge in [0.25, 0.3) is 5.56 Å². The molecular formula is C17H23N3O. The normalized spacial score (nSPS) is 22.7. The van der Waals surface area contributed by atoms with Gasteiger partial charge in [0.15, 0.2) is 0 Å². The van der Waals surface area contributed by atoms with E-state index in [4.69, 9.17) is 0 Å². The van der Waals surface area contributed by atoms with Crippen molar-refractivity contribution in [3.63, 3.8) is 0 Å². The van der Waals surface area contributed by atoms with Gasteiger partial charge in [-0.25, -0.2) is 0 Å². The van der Waals surface area contributed by atoms with E-state index in [1.165, 1.54) is 0 Å². The molecule has 0 aliphatic carbocycles. The molecule has 2 aromatic rings. The van der Waals surface area contributed by atoms with E-state index in [2.05, 4.69) is 35.1 Å². The first-order chi connectivity index (χ1) is 10.2. The van der Waals surface area contributed by atoms with Crippen molar-refractivity contribution < 1.29 is 0 Å². The molecule has 1 aromatic carbocycles. The zero-order chi connectivity index (χ0) is 14.8. The van der Waals surface area contributed by atoms with Gasteiger partial charge < -0.3 is 15.2 Å². The number of hydrogen-bond donors (Lipinski definition) is 2. The molecule has 1 aliphatic heterocycles. The lowest BCUT2D eigenvalue weighted by atomic mass is 10.0. The second-order valence-electron chi connectivity index (χ2n) is 5.80. The van der Waals surface area contributed by atoms with Crippen LogP contribution in [0.4, 0.5) is 5.82 Å². The smallest absolute Gasteiger partial charge is 0.257 e. The Balaban J connectivity index is 2.02. The lowest BCUT2D eigenvalue weighted by Crippen LogP contribution is -2.56. The molecule has 1 saturated heterocycles. The van der Waals surface area contributed by atoms with Crippen LogP contribution in [0.25, 0.3) is 10.8 Å². The number of nitrogens with zero attached hydrogens (tertiary/aromatic N) is 1. The third kappa shape index (κ3) is 2.68. The lowest BCUT2D eigenvalue weighted by molar-refractivity contribution is 0.377. The molecule has 21 heavy (non-hydrogen) atoms. The Kier molecular flexibility index (Phi) is 3.97. The Morgan fingerprint density at radius 2 is 2.05 bits per heavy atom. The summed E-state index contributed by atoms with van der Waals surface area (Å²) in [5.74, 6) is 0.950. The van der Waals surface area contributed by atoms with Crippen molar-refractivity contribution in [2.24, 2.45) is 0 Å². The highest BCUT2D eigenvalue weighted by Crippen LogP contribution is 2.22. The van der Waals surface area contributed by atoms with Crippen molar-refractivity contribution >= 4 is 16.6 Å². The van der Waals surface area contributed by atoms with Gasteiger partial charge in [0.2, 0.25) is 0 Å². The van der Waals surface area contributed by atoms with Gasteiger partial charge in [-0.1, -0.05) is 32.0 Å². The Morgan fingerprint density at radius 3 is 2.81 bits per heavy atom. The number of piperazine rings is 1. The second kappa shape index (κ2) is 5.90. The van der Waals surface area contributed by atoms with Crippen molar-refractivity contribution in [1.29, 1.82) is 0 Å². The topological polar surface area (TPSA) is 48.1 Å². The number of aromatic amines is 1. The van der Waals surface area contributed by atoms with Gasteiger partial charge in [0.05, 0.1) is 0 Å². The highest BCUT2D eigenvalue weighted by molar-refractivity contribution is 5.83. The van der Waals surface area contributed by atoms with Gasteiger partial charge in [-0.3, -0.25) is 4.79 Å². The largest absolute Gasteiger partial charge is 0.352 e. The number of rotatable bonds is 3. The molecule has 1 fully saturated rings. The summed E-state index contributed by atoms with van der Waals surface area (Å²) < 4.78 is 0. The third-order valence-corrected chi connectivity index (χ3v) is 4.51. The fourth-order valence-corrected chi connectivity index (χ4v) is 3.15. The molecule has 0 saturated carbocycles. The van der Waals surface area contributed by atoms with E-state index in [0.29, 0.717) is 12.1 Å².